The van der Waals surface area contributed by atoms with Gasteiger partial charge in [-0.25, -0.2) is 9.97 Å². The summed E-state index contributed by atoms with van der Waals surface area (Å²) >= 11 is 6.88. The van der Waals surface area contributed by atoms with Gasteiger partial charge < -0.3 is 20.3 Å². The molecule has 4 heterocycles. The zero-order valence-corrected chi connectivity index (χ0v) is 17.4. The minimum absolute atomic E-state index is 0.603. The summed E-state index contributed by atoms with van der Waals surface area (Å²) < 4.78 is 5.94. The first-order valence-electron chi connectivity index (χ1n) is 9.71. The summed E-state index contributed by atoms with van der Waals surface area (Å²) in [7, 11) is 4.04. The van der Waals surface area contributed by atoms with Crippen molar-refractivity contribution >= 4 is 34.5 Å². The van der Waals surface area contributed by atoms with Gasteiger partial charge in [-0.2, -0.15) is 0 Å². The van der Waals surface area contributed by atoms with E-state index in [1.165, 1.54) is 5.57 Å². The summed E-state index contributed by atoms with van der Waals surface area (Å²) in [4.78, 5) is 11.7. The predicted molar refractivity (Wildman–Crippen MR) is 115 cm³/mol. The lowest BCUT2D eigenvalue weighted by atomic mass is 9.99. The molecule has 7 heteroatoms. The average Bonchev–Trinajstić information content (AvgIpc) is 3.02. The number of aromatic nitrogens is 2. The highest BCUT2D eigenvalue weighted by Gasteiger charge is 2.27. The Morgan fingerprint density at radius 1 is 1.21 bits per heavy atom. The van der Waals surface area contributed by atoms with Crippen molar-refractivity contribution < 1.29 is 4.74 Å². The van der Waals surface area contributed by atoms with Crippen LogP contribution in [0.15, 0.2) is 18.2 Å². The van der Waals surface area contributed by atoms with Crippen LogP contribution >= 0.6 is 11.6 Å². The van der Waals surface area contributed by atoms with E-state index < -0.39 is 0 Å². The molecule has 0 unspecified atom stereocenters. The highest BCUT2D eigenvalue weighted by atomic mass is 35.5. The number of halogens is 1. The summed E-state index contributed by atoms with van der Waals surface area (Å²) in [5, 5.41) is 7.09. The Hall–Kier alpha value is -2.31. The molecule has 0 bridgehead atoms. The first-order chi connectivity index (χ1) is 13.5. The molecule has 0 saturated carbocycles. The maximum absolute atomic E-state index is 6.88. The van der Waals surface area contributed by atoms with Gasteiger partial charge in [-0.15, -0.1) is 0 Å². The topological polar surface area (TPSA) is 62.3 Å². The quantitative estimate of drug-likeness (QED) is 0.800. The van der Waals surface area contributed by atoms with Crippen LogP contribution in [0.3, 0.4) is 0 Å². The molecule has 0 aromatic carbocycles. The second-order valence-electron chi connectivity index (χ2n) is 7.38. The van der Waals surface area contributed by atoms with Crippen LogP contribution in [0.25, 0.3) is 5.57 Å². The highest BCUT2D eigenvalue weighted by molar-refractivity contribution is 6.35. The van der Waals surface area contributed by atoms with E-state index in [0.29, 0.717) is 17.4 Å². The number of nitrogens with zero attached hydrogens (tertiary/aromatic N) is 3. The third kappa shape index (κ3) is 3.80. The molecule has 2 aromatic rings. The van der Waals surface area contributed by atoms with Gasteiger partial charge in [0.1, 0.15) is 11.6 Å². The van der Waals surface area contributed by atoms with E-state index in [0.717, 1.165) is 66.6 Å². The predicted octanol–water partition coefficient (Wildman–Crippen LogP) is 4.27. The van der Waals surface area contributed by atoms with E-state index in [-0.39, 0.29) is 0 Å². The second-order valence-corrected chi connectivity index (χ2v) is 7.75. The average molecular weight is 400 g/mol. The van der Waals surface area contributed by atoms with Crippen LogP contribution in [-0.4, -0.2) is 48.7 Å². The summed E-state index contributed by atoms with van der Waals surface area (Å²) in [5.74, 6) is 2.21. The fourth-order valence-corrected chi connectivity index (χ4v) is 4.06. The lowest BCUT2D eigenvalue weighted by Crippen LogP contribution is -2.17. The summed E-state index contributed by atoms with van der Waals surface area (Å²) in [6.07, 6.45) is 5.15. The van der Waals surface area contributed by atoms with Gasteiger partial charge in [-0.3, -0.25) is 0 Å². The minimum atomic E-state index is 0.603. The number of nitrogens with one attached hydrogen (secondary N) is 2. The largest absolute Gasteiger partial charge is 0.491 e. The number of pyridine rings is 2. The molecule has 2 aromatic heterocycles. The Labute approximate surface area is 171 Å². The number of likely N-dealkylation sites (N-methyl/N-ethyl adjacent to an activating group) is 1. The van der Waals surface area contributed by atoms with E-state index >= 15 is 0 Å². The van der Waals surface area contributed by atoms with Crippen molar-refractivity contribution in [1.29, 1.82) is 0 Å². The number of rotatable bonds is 4. The van der Waals surface area contributed by atoms with Gasteiger partial charge in [0.25, 0.3) is 0 Å². The van der Waals surface area contributed by atoms with Crippen LogP contribution in [0.2, 0.25) is 5.02 Å². The Balaban J connectivity index is 1.76. The number of allylic oxidation sites excluding steroid dienone is 1. The molecule has 4 rings (SSSR count). The van der Waals surface area contributed by atoms with Gasteiger partial charge in [0.05, 0.1) is 17.3 Å². The fraction of sp³-hybridized carbons (Fsp3) is 0.429. The van der Waals surface area contributed by atoms with Crippen LogP contribution in [0, 0.1) is 6.92 Å². The molecule has 2 aliphatic rings. The van der Waals surface area contributed by atoms with E-state index in [2.05, 4.69) is 33.6 Å². The number of fused-ring (bicyclic) bond motifs is 1. The Morgan fingerprint density at radius 2 is 2.07 bits per heavy atom. The summed E-state index contributed by atoms with van der Waals surface area (Å²) in [6.45, 7) is 4.61. The summed E-state index contributed by atoms with van der Waals surface area (Å²) in [6, 6.07) is 3.95. The third-order valence-electron chi connectivity index (χ3n) is 5.19. The Morgan fingerprint density at radius 3 is 2.89 bits per heavy atom. The van der Waals surface area contributed by atoms with Crippen molar-refractivity contribution in [2.45, 2.75) is 26.2 Å². The van der Waals surface area contributed by atoms with Gasteiger partial charge in [-0.1, -0.05) is 17.7 Å². The van der Waals surface area contributed by atoms with Crippen molar-refractivity contribution in [2.24, 2.45) is 0 Å². The maximum atomic E-state index is 6.88. The van der Waals surface area contributed by atoms with Crippen molar-refractivity contribution in [1.82, 2.24) is 14.9 Å². The molecule has 0 saturated heterocycles. The second kappa shape index (κ2) is 7.97. The number of ether oxygens (including phenoxy) is 1. The van der Waals surface area contributed by atoms with Gasteiger partial charge in [0, 0.05) is 43.0 Å². The van der Waals surface area contributed by atoms with Gasteiger partial charge in [-0.05, 0) is 45.0 Å². The molecular formula is C21H26ClN5O. The van der Waals surface area contributed by atoms with Crippen molar-refractivity contribution in [3.05, 3.63) is 40.2 Å². The van der Waals surface area contributed by atoms with Crippen molar-refractivity contribution in [3.63, 3.8) is 0 Å². The molecule has 28 heavy (non-hydrogen) atoms. The number of hydrogen-bond acceptors (Lipinski definition) is 6. The molecule has 0 spiro atoms. The van der Waals surface area contributed by atoms with Crippen LogP contribution in [0.1, 0.15) is 29.8 Å². The Bertz CT molecular complexity index is 927. The molecule has 0 radical (unpaired) electrons. The normalized spacial score (nSPS) is 16.8. The first-order valence-corrected chi connectivity index (χ1v) is 10.1. The van der Waals surface area contributed by atoms with E-state index in [1.54, 1.807) is 0 Å². The highest BCUT2D eigenvalue weighted by Crippen LogP contribution is 2.43. The van der Waals surface area contributed by atoms with E-state index in [9.17, 15) is 0 Å². The van der Waals surface area contributed by atoms with Crippen molar-refractivity contribution in [3.8, 4) is 5.75 Å². The smallest absolute Gasteiger partial charge is 0.151 e. The molecule has 2 aliphatic heterocycles. The molecule has 0 aliphatic carbocycles. The Kier molecular flexibility index (Phi) is 5.42. The monoisotopic (exact) mass is 399 g/mol. The minimum Gasteiger partial charge on any atom is -0.491 e. The SMILES string of the molecule is CNc1cc(C)nc(Nc2nc3c(c(C4=CCN(C)CCC4)c2Cl)OCC3)c1. The van der Waals surface area contributed by atoms with E-state index in [1.807, 2.05) is 26.1 Å². The molecule has 0 amide bonds. The van der Waals surface area contributed by atoms with Gasteiger partial charge in [0.15, 0.2) is 5.82 Å². The molecule has 148 valence electrons. The molecular weight excluding hydrogens is 374 g/mol. The number of aryl methyl sites for hydroxylation is 1. The third-order valence-corrected chi connectivity index (χ3v) is 5.56. The molecule has 6 nitrogen and oxygen atoms in total. The molecule has 0 fully saturated rings. The van der Waals surface area contributed by atoms with Crippen molar-refractivity contribution in [2.75, 3.05) is 44.4 Å². The van der Waals surface area contributed by atoms with Crippen LogP contribution in [-0.2, 0) is 6.42 Å². The van der Waals surface area contributed by atoms with Crippen LogP contribution in [0.4, 0.5) is 17.3 Å². The lowest BCUT2D eigenvalue weighted by Gasteiger charge is -2.17. The zero-order valence-electron chi connectivity index (χ0n) is 16.6. The van der Waals surface area contributed by atoms with Gasteiger partial charge >= 0.3 is 0 Å². The molecule has 2 N–H and O–H groups in total. The van der Waals surface area contributed by atoms with E-state index in [4.69, 9.17) is 21.3 Å². The first kappa shape index (κ1) is 19.0. The number of hydrogen-bond donors (Lipinski definition) is 2. The fourth-order valence-electron chi connectivity index (χ4n) is 3.77. The van der Waals surface area contributed by atoms with Crippen LogP contribution in [0.5, 0.6) is 5.75 Å². The van der Waals surface area contributed by atoms with Gasteiger partial charge in [0.2, 0.25) is 0 Å². The van der Waals surface area contributed by atoms with Crippen LogP contribution < -0.4 is 15.4 Å². The summed E-state index contributed by atoms with van der Waals surface area (Å²) in [5.41, 5.74) is 5.10. The maximum Gasteiger partial charge on any atom is 0.151 e. The zero-order chi connectivity index (χ0) is 19.7. The number of anilines is 3. The lowest BCUT2D eigenvalue weighted by molar-refractivity contribution is 0.356. The standard InChI is InChI=1S/C21H26ClN5O/c1-13-11-15(23-2)12-17(24-13)26-21-19(22)18(20-16(25-21)7-10-28-20)14-5-4-8-27(3)9-6-14/h6,11-12H,4-5,7-10H2,1-3H3,(H2,23,24,25,26). The molecule has 0 atom stereocenters.